The van der Waals surface area contributed by atoms with E-state index in [1.54, 1.807) is 0 Å². The quantitative estimate of drug-likeness (QED) is 0.624. The number of nitriles is 1. The summed E-state index contributed by atoms with van der Waals surface area (Å²) in [6.07, 6.45) is 0.172. The van der Waals surface area contributed by atoms with Gasteiger partial charge in [-0.25, -0.2) is 0 Å². The molecule has 2 aliphatic rings. The van der Waals surface area contributed by atoms with Crippen LogP contribution in [0.1, 0.15) is 27.7 Å². The van der Waals surface area contributed by atoms with Gasteiger partial charge in [-0.15, -0.1) is 0 Å². The van der Waals surface area contributed by atoms with E-state index in [1.165, 1.54) is 0 Å². The van der Waals surface area contributed by atoms with Gasteiger partial charge in [-0.3, -0.25) is 4.90 Å². The zero-order valence-electron chi connectivity index (χ0n) is 14.2. The number of hydrogen-bond acceptors (Lipinski definition) is 5. The lowest BCUT2D eigenvalue weighted by Gasteiger charge is -2.37. The van der Waals surface area contributed by atoms with Crippen molar-refractivity contribution in [3.8, 4) is 11.8 Å². The van der Waals surface area contributed by atoms with Crippen molar-refractivity contribution in [2.24, 2.45) is 0 Å². The molecule has 0 saturated carbocycles. The zero-order chi connectivity index (χ0) is 16.7. The maximum atomic E-state index is 8.63. The second-order valence-corrected chi connectivity index (χ2v) is 7.25. The van der Waals surface area contributed by atoms with Crippen molar-refractivity contribution in [3.63, 3.8) is 0 Å². The van der Waals surface area contributed by atoms with E-state index in [2.05, 4.69) is 11.0 Å². The van der Waals surface area contributed by atoms with Crippen LogP contribution in [0.3, 0.4) is 0 Å². The second kappa shape index (κ2) is 5.83. The van der Waals surface area contributed by atoms with E-state index in [0.29, 0.717) is 6.54 Å². The van der Waals surface area contributed by atoms with Crippen molar-refractivity contribution < 1.29 is 14.0 Å². The standard InChI is InChI=1S/C17H23BN2O3/c1-16(2)17(3,4)23-18(22-16)13-5-7-14(8-6-13)21-15-11-20(12-15)10-9-19/h5-8,15H,10-12H2,1-4H3. The highest BCUT2D eigenvalue weighted by molar-refractivity contribution is 6.62. The Morgan fingerprint density at radius 3 is 2.26 bits per heavy atom. The molecule has 23 heavy (non-hydrogen) atoms. The van der Waals surface area contributed by atoms with Gasteiger partial charge in [0.2, 0.25) is 0 Å². The first-order valence-electron chi connectivity index (χ1n) is 8.02. The lowest BCUT2D eigenvalue weighted by molar-refractivity contribution is 0.00578. The third-order valence-electron chi connectivity index (χ3n) is 4.93. The molecule has 0 spiro atoms. The fourth-order valence-electron chi connectivity index (χ4n) is 2.70. The van der Waals surface area contributed by atoms with Gasteiger partial charge >= 0.3 is 7.12 Å². The van der Waals surface area contributed by atoms with E-state index in [9.17, 15) is 0 Å². The number of hydrogen-bond donors (Lipinski definition) is 0. The Hall–Kier alpha value is -1.55. The molecule has 0 atom stereocenters. The molecule has 2 fully saturated rings. The van der Waals surface area contributed by atoms with Gasteiger partial charge in [0.05, 0.1) is 23.8 Å². The Morgan fingerprint density at radius 2 is 1.74 bits per heavy atom. The zero-order valence-corrected chi connectivity index (χ0v) is 14.2. The van der Waals surface area contributed by atoms with Crippen LogP contribution in [0.25, 0.3) is 0 Å². The molecule has 0 aromatic heterocycles. The molecule has 122 valence electrons. The molecular formula is C17H23BN2O3. The predicted molar refractivity (Wildman–Crippen MR) is 88.6 cm³/mol. The first-order chi connectivity index (χ1) is 10.8. The van der Waals surface area contributed by atoms with Gasteiger partial charge in [0.15, 0.2) is 0 Å². The summed E-state index contributed by atoms with van der Waals surface area (Å²) in [5.74, 6) is 0.840. The Kier molecular flexibility index (Phi) is 4.13. The van der Waals surface area contributed by atoms with Gasteiger partial charge in [-0.05, 0) is 45.3 Å². The van der Waals surface area contributed by atoms with Crippen LogP contribution in [0.4, 0.5) is 0 Å². The number of ether oxygens (including phenoxy) is 1. The normalized spacial score (nSPS) is 23.3. The number of rotatable bonds is 4. The highest BCUT2D eigenvalue weighted by atomic mass is 16.7. The van der Waals surface area contributed by atoms with E-state index in [-0.39, 0.29) is 24.4 Å². The fourth-order valence-corrected chi connectivity index (χ4v) is 2.70. The molecule has 2 heterocycles. The summed E-state index contributed by atoms with van der Waals surface area (Å²) in [4.78, 5) is 2.06. The van der Waals surface area contributed by atoms with E-state index in [4.69, 9.17) is 19.3 Å². The minimum Gasteiger partial charge on any atom is -0.488 e. The van der Waals surface area contributed by atoms with Gasteiger partial charge in [-0.1, -0.05) is 12.1 Å². The summed E-state index contributed by atoms with van der Waals surface area (Å²) in [6, 6.07) is 10.0. The Morgan fingerprint density at radius 1 is 1.17 bits per heavy atom. The average molecular weight is 314 g/mol. The maximum absolute atomic E-state index is 8.63. The van der Waals surface area contributed by atoms with Crippen LogP contribution in [0.5, 0.6) is 5.75 Å². The van der Waals surface area contributed by atoms with Gasteiger partial charge in [0.25, 0.3) is 0 Å². The van der Waals surface area contributed by atoms with Crippen LogP contribution in [-0.4, -0.2) is 49.0 Å². The molecule has 0 radical (unpaired) electrons. The minimum atomic E-state index is -0.344. The topological polar surface area (TPSA) is 54.7 Å². The lowest BCUT2D eigenvalue weighted by Crippen LogP contribution is -2.53. The van der Waals surface area contributed by atoms with Crippen molar-refractivity contribution in [2.45, 2.75) is 45.0 Å². The van der Waals surface area contributed by atoms with Crippen LogP contribution >= 0.6 is 0 Å². The third kappa shape index (κ3) is 3.23. The maximum Gasteiger partial charge on any atom is 0.494 e. The molecule has 0 aliphatic carbocycles. The fraction of sp³-hybridized carbons (Fsp3) is 0.588. The largest absolute Gasteiger partial charge is 0.494 e. The lowest BCUT2D eigenvalue weighted by atomic mass is 9.79. The summed E-state index contributed by atoms with van der Waals surface area (Å²) in [5, 5.41) is 8.63. The van der Waals surface area contributed by atoms with Crippen molar-refractivity contribution in [1.29, 1.82) is 5.26 Å². The van der Waals surface area contributed by atoms with Gasteiger partial charge in [0, 0.05) is 13.1 Å². The summed E-state index contributed by atoms with van der Waals surface area (Å²) in [5.41, 5.74) is 0.335. The van der Waals surface area contributed by atoms with Crippen molar-refractivity contribution in [2.75, 3.05) is 19.6 Å². The summed E-state index contributed by atoms with van der Waals surface area (Å²) in [6.45, 7) is 10.3. The van der Waals surface area contributed by atoms with Crippen molar-refractivity contribution in [1.82, 2.24) is 4.90 Å². The Bertz CT molecular complexity index is 587. The second-order valence-electron chi connectivity index (χ2n) is 7.25. The highest BCUT2D eigenvalue weighted by Gasteiger charge is 2.51. The number of likely N-dealkylation sites (tertiary alicyclic amines) is 1. The smallest absolute Gasteiger partial charge is 0.488 e. The predicted octanol–water partition coefficient (Wildman–Crippen LogP) is 1.57. The van der Waals surface area contributed by atoms with Crippen LogP contribution < -0.4 is 10.2 Å². The average Bonchev–Trinajstić information content (AvgIpc) is 2.66. The summed E-state index contributed by atoms with van der Waals surface area (Å²) in [7, 11) is -0.344. The Labute approximate surface area is 138 Å². The molecule has 5 nitrogen and oxygen atoms in total. The van der Waals surface area contributed by atoms with Crippen LogP contribution in [0.15, 0.2) is 24.3 Å². The SMILES string of the molecule is CC1(C)OB(c2ccc(OC3CN(CC#N)C3)cc2)OC1(C)C. The summed E-state index contributed by atoms with van der Waals surface area (Å²) >= 11 is 0. The van der Waals surface area contributed by atoms with Crippen molar-refractivity contribution >= 4 is 12.6 Å². The van der Waals surface area contributed by atoms with Gasteiger partial charge in [-0.2, -0.15) is 5.26 Å². The molecule has 2 saturated heterocycles. The van der Waals surface area contributed by atoms with E-state index >= 15 is 0 Å². The molecule has 3 rings (SSSR count). The first-order valence-corrected chi connectivity index (χ1v) is 8.02. The molecule has 0 amide bonds. The molecule has 2 aliphatic heterocycles. The van der Waals surface area contributed by atoms with Gasteiger partial charge in [0.1, 0.15) is 11.9 Å². The van der Waals surface area contributed by atoms with Crippen LogP contribution in [0, 0.1) is 11.3 Å². The molecule has 1 aromatic rings. The summed E-state index contributed by atoms with van der Waals surface area (Å²) < 4.78 is 18.0. The van der Waals surface area contributed by atoms with E-state index in [1.807, 2.05) is 52.0 Å². The molecule has 1 aromatic carbocycles. The van der Waals surface area contributed by atoms with Gasteiger partial charge < -0.3 is 14.0 Å². The molecular weight excluding hydrogens is 291 g/mol. The van der Waals surface area contributed by atoms with Crippen molar-refractivity contribution in [3.05, 3.63) is 24.3 Å². The van der Waals surface area contributed by atoms with E-state index in [0.717, 1.165) is 24.3 Å². The molecule has 0 bridgehead atoms. The number of nitrogens with zero attached hydrogens (tertiary/aromatic N) is 2. The van der Waals surface area contributed by atoms with Crippen LogP contribution in [-0.2, 0) is 9.31 Å². The third-order valence-corrected chi connectivity index (χ3v) is 4.93. The minimum absolute atomic E-state index is 0.172. The Balaban J connectivity index is 1.58. The monoisotopic (exact) mass is 314 g/mol. The molecule has 0 N–H and O–H groups in total. The highest BCUT2D eigenvalue weighted by Crippen LogP contribution is 2.36. The molecule has 0 unspecified atom stereocenters. The first kappa shape index (κ1) is 16.3. The van der Waals surface area contributed by atoms with Crippen LogP contribution in [0.2, 0.25) is 0 Å². The molecule has 6 heteroatoms. The van der Waals surface area contributed by atoms with E-state index < -0.39 is 0 Å². The number of benzene rings is 1.